The highest BCUT2D eigenvalue weighted by molar-refractivity contribution is 7.92. The fourth-order valence-electron chi connectivity index (χ4n) is 2.52. The van der Waals surface area contributed by atoms with Gasteiger partial charge in [-0.05, 0) is 25.5 Å². The van der Waals surface area contributed by atoms with Gasteiger partial charge in [0.25, 0.3) is 15.9 Å². The number of nitrogens with one attached hydrogen (secondary N) is 1. The third-order valence-corrected chi connectivity index (χ3v) is 5.21. The second-order valence-corrected chi connectivity index (χ2v) is 7.25. The summed E-state index contributed by atoms with van der Waals surface area (Å²) in [5.41, 5.74) is 0.402. The lowest BCUT2D eigenvalue weighted by Gasteiger charge is -2.21. The average Bonchev–Trinajstić information content (AvgIpc) is 2.65. The molecule has 1 amide bonds. The van der Waals surface area contributed by atoms with Gasteiger partial charge < -0.3 is 9.64 Å². The van der Waals surface area contributed by atoms with E-state index in [9.17, 15) is 13.2 Å². The summed E-state index contributed by atoms with van der Waals surface area (Å²) in [6.07, 6.45) is 3.64. The van der Waals surface area contributed by atoms with Crippen LogP contribution in [0.2, 0.25) is 0 Å². The summed E-state index contributed by atoms with van der Waals surface area (Å²) in [5.74, 6) is 0.119. The maximum Gasteiger partial charge on any atom is 0.262 e. The molecule has 0 spiro atoms. The van der Waals surface area contributed by atoms with Gasteiger partial charge in [0, 0.05) is 19.2 Å². The quantitative estimate of drug-likeness (QED) is 0.764. The number of benzene rings is 1. The van der Waals surface area contributed by atoms with Crippen molar-refractivity contribution in [1.29, 1.82) is 0 Å². The van der Waals surface area contributed by atoms with E-state index in [0.29, 0.717) is 18.8 Å². The second kappa shape index (κ2) is 8.66. The molecular weight excluding hydrogens is 354 g/mol. The van der Waals surface area contributed by atoms with Crippen LogP contribution >= 0.6 is 0 Å². The molecule has 2 rings (SSSR count). The third kappa shape index (κ3) is 4.51. The minimum atomic E-state index is -3.96. The van der Waals surface area contributed by atoms with Crippen LogP contribution in [0, 0.1) is 0 Å². The van der Waals surface area contributed by atoms with Crippen molar-refractivity contribution in [3.05, 3.63) is 48.3 Å². The Balaban J connectivity index is 2.39. The number of anilines is 1. The maximum absolute atomic E-state index is 12.8. The minimum absolute atomic E-state index is 0.0672. The molecule has 0 saturated carbocycles. The van der Waals surface area contributed by atoms with Gasteiger partial charge in [-0.2, -0.15) is 0 Å². The highest BCUT2D eigenvalue weighted by Crippen LogP contribution is 2.22. The summed E-state index contributed by atoms with van der Waals surface area (Å²) in [6, 6.07) is 7.71. The fourth-order valence-corrected chi connectivity index (χ4v) is 3.75. The van der Waals surface area contributed by atoms with Gasteiger partial charge in [-0.25, -0.2) is 8.42 Å². The summed E-state index contributed by atoms with van der Waals surface area (Å²) in [7, 11) is -2.50. The van der Waals surface area contributed by atoms with Crippen LogP contribution < -0.4 is 9.46 Å². The van der Waals surface area contributed by atoms with Crippen molar-refractivity contribution in [2.75, 3.05) is 24.9 Å². The molecule has 2 aromatic rings. The summed E-state index contributed by atoms with van der Waals surface area (Å²) < 4.78 is 33.2. The van der Waals surface area contributed by atoms with E-state index in [4.69, 9.17) is 4.74 Å². The zero-order valence-electron chi connectivity index (χ0n) is 15.1. The molecule has 26 heavy (non-hydrogen) atoms. The van der Waals surface area contributed by atoms with E-state index in [2.05, 4.69) is 9.71 Å². The van der Waals surface area contributed by atoms with Crippen molar-refractivity contribution in [1.82, 2.24) is 9.88 Å². The van der Waals surface area contributed by atoms with Crippen LogP contribution in [0.25, 0.3) is 0 Å². The molecule has 1 aromatic carbocycles. The highest BCUT2D eigenvalue weighted by atomic mass is 32.2. The topological polar surface area (TPSA) is 88.6 Å². The van der Waals surface area contributed by atoms with E-state index in [-0.39, 0.29) is 22.1 Å². The van der Waals surface area contributed by atoms with Gasteiger partial charge in [0.1, 0.15) is 10.6 Å². The van der Waals surface area contributed by atoms with Crippen molar-refractivity contribution in [3.8, 4) is 5.75 Å². The molecule has 7 nitrogen and oxygen atoms in total. The molecule has 8 heteroatoms. The van der Waals surface area contributed by atoms with E-state index in [1.165, 1.54) is 37.7 Å². The number of methoxy groups -OCH3 is 1. The van der Waals surface area contributed by atoms with Crippen LogP contribution in [0.1, 0.15) is 30.6 Å². The molecule has 0 atom stereocenters. The lowest BCUT2D eigenvalue weighted by Crippen LogP contribution is -2.33. The Morgan fingerprint density at radius 2 is 1.96 bits per heavy atom. The first-order valence-electron chi connectivity index (χ1n) is 8.33. The summed E-state index contributed by atoms with van der Waals surface area (Å²) in [4.78, 5) is 18.3. The van der Waals surface area contributed by atoms with Crippen molar-refractivity contribution in [3.63, 3.8) is 0 Å². The minimum Gasteiger partial charge on any atom is -0.495 e. The van der Waals surface area contributed by atoms with Gasteiger partial charge in [0.2, 0.25) is 0 Å². The first kappa shape index (κ1) is 19.7. The lowest BCUT2D eigenvalue weighted by molar-refractivity contribution is 0.0760. The van der Waals surface area contributed by atoms with Crippen LogP contribution in [-0.4, -0.2) is 44.4 Å². The number of carbonyl (C=O) groups is 1. The number of amides is 1. The van der Waals surface area contributed by atoms with Gasteiger partial charge in [-0.3, -0.25) is 14.5 Å². The SMILES string of the molecule is CCCN(CC)C(=O)c1ccccc1S(=O)(=O)Nc1cncc(OC)c1. The van der Waals surface area contributed by atoms with E-state index in [1.54, 1.807) is 17.0 Å². The Kier molecular flexibility index (Phi) is 6.57. The molecule has 1 N–H and O–H groups in total. The smallest absolute Gasteiger partial charge is 0.262 e. The molecule has 0 aliphatic rings. The predicted octanol–water partition coefficient (Wildman–Crippen LogP) is 2.76. The average molecular weight is 377 g/mol. The Hall–Kier alpha value is -2.61. The van der Waals surface area contributed by atoms with Crippen LogP contribution in [0.15, 0.2) is 47.6 Å². The van der Waals surface area contributed by atoms with Gasteiger partial charge in [-0.1, -0.05) is 19.1 Å². The number of pyridine rings is 1. The van der Waals surface area contributed by atoms with E-state index >= 15 is 0 Å². The van der Waals surface area contributed by atoms with Crippen molar-refractivity contribution >= 4 is 21.6 Å². The fraction of sp³-hybridized carbons (Fsp3) is 0.333. The molecule has 1 heterocycles. The van der Waals surface area contributed by atoms with E-state index < -0.39 is 10.0 Å². The molecule has 0 aliphatic heterocycles. The molecule has 0 radical (unpaired) electrons. The van der Waals surface area contributed by atoms with E-state index in [0.717, 1.165) is 6.42 Å². The number of hydrogen-bond acceptors (Lipinski definition) is 5. The first-order valence-corrected chi connectivity index (χ1v) is 9.81. The Labute approximate surface area is 154 Å². The maximum atomic E-state index is 12.8. The number of hydrogen-bond donors (Lipinski definition) is 1. The number of aromatic nitrogens is 1. The molecule has 140 valence electrons. The molecule has 0 bridgehead atoms. The number of sulfonamides is 1. The monoisotopic (exact) mass is 377 g/mol. The zero-order valence-corrected chi connectivity index (χ0v) is 15.9. The van der Waals surface area contributed by atoms with Crippen molar-refractivity contribution in [2.24, 2.45) is 0 Å². The summed E-state index contributed by atoms with van der Waals surface area (Å²) in [5, 5.41) is 0. The van der Waals surface area contributed by atoms with E-state index in [1.807, 2.05) is 13.8 Å². The third-order valence-electron chi connectivity index (χ3n) is 3.77. The van der Waals surface area contributed by atoms with Gasteiger partial charge >= 0.3 is 0 Å². The zero-order chi connectivity index (χ0) is 19.2. The van der Waals surface area contributed by atoms with Gasteiger partial charge in [0.15, 0.2) is 0 Å². The van der Waals surface area contributed by atoms with Crippen molar-refractivity contribution < 1.29 is 17.9 Å². The largest absolute Gasteiger partial charge is 0.495 e. The Bertz CT molecular complexity index is 868. The standard InChI is InChI=1S/C18H23N3O4S/c1-4-10-21(5-2)18(22)16-8-6-7-9-17(16)26(23,24)20-14-11-15(25-3)13-19-12-14/h6-9,11-13,20H,4-5,10H2,1-3H3. The number of carbonyl (C=O) groups excluding carboxylic acids is 1. The number of nitrogens with zero attached hydrogens (tertiary/aromatic N) is 2. The Morgan fingerprint density at radius 3 is 2.62 bits per heavy atom. The molecule has 0 aliphatic carbocycles. The molecule has 0 unspecified atom stereocenters. The number of ether oxygens (including phenoxy) is 1. The van der Waals surface area contributed by atoms with Crippen LogP contribution in [-0.2, 0) is 10.0 Å². The lowest BCUT2D eigenvalue weighted by atomic mass is 10.2. The molecule has 0 fully saturated rings. The van der Waals surface area contributed by atoms with Crippen LogP contribution in [0.4, 0.5) is 5.69 Å². The second-order valence-electron chi connectivity index (χ2n) is 5.60. The van der Waals surface area contributed by atoms with Gasteiger partial charge in [0.05, 0.1) is 30.8 Å². The highest BCUT2D eigenvalue weighted by Gasteiger charge is 2.25. The molecule has 0 saturated heterocycles. The normalized spacial score (nSPS) is 11.0. The summed E-state index contributed by atoms with van der Waals surface area (Å²) in [6.45, 7) is 4.91. The molecular formula is C18H23N3O4S. The van der Waals surface area contributed by atoms with Crippen molar-refractivity contribution in [2.45, 2.75) is 25.2 Å². The predicted molar refractivity (Wildman–Crippen MR) is 99.9 cm³/mol. The number of rotatable bonds is 8. The van der Waals surface area contributed by atoms with Crippen LogP contribution in [0.5, 0.6) is 5.75 Å². The first-order chi connectivity index (χ1) is 12.4. The Morgan fingerprint density at radius 1 is 1.23 bits per heavy atom. The summed E-state index contributed by atoms with van der Waals surface area (Å²) >= 11 is 0. The molecule has 1 aromatic heterocycles. The van der Waals surface area contributed by atoms with Gasteiger partial charge in [-0.15, -0.1) is 0 Å². The van der Waals surface area contributed by atoms with Crippen LogP contribution in [0.3, 0.4) is 0 Å².